The van der Waals surface area contributed by atoms with E-state index in [0.29, 0.717) is 5.92 Å². The maximum absolute atomic E-state index is 4.51. The molecule has 0 saturated heterocycles. The van der Waals surface area contributed by atoms with Crippen molar-refractivity contribution >= 4 is 33.5 Å². The summed E-state index contributed by atoms with van der Waals surface area (Å²) in [4.78, 5) is 4.51. The fourth-order valence-corrected chi connectivity index (χ4v) is 1.91. The topological polar surface area (TPSA) is 12.9 Å². The number of aromatic nitrogens is 1. The van der Waals surface area contributed by atoms with E-state index in [0.717, 1.165) is 9.22 Å². The van der Waals surface area contributed by atoms with Gasteiger partial charge in [-0.3, -0.25) is 0 Å². The van der Waals surface area contributed by atoms with Gasteiger partial charge in [0.15, 0.2) is 0 Å². The van der Waals surface area contributed by atoms with Crippen LogP contribution >= 0.6 is 22.6 Å². The molecule has 0 aliphatic heterocycles. The Labute approximate surface area is 97.7 Å². The summed E-state index contributed by atoms with van der Waals surface area (Å²) in [6.45, 7) is 4.41. The van der Waals surface area contributed by atoms with E-state index in [2.05, 4.69) is 65.7 Å². The van der Waals surface area contributed by atoms with E-state index in [-0.39, 0.29) is 0 Å². The molecule has 14 heavy (non-hydrogen) atoms. The molecule has 0 saturated carbocycles. The third-order valence-electron chi connectivity index (χ3n) is 2.35. The Bertz CT molecular complexity index is 463. The van der Waals surface area contributed by atoms with Gasteiger partial charge in [-0.05, 0) is 46.2 Å². The Balaban J connectivity index is 2.63. The second kappa shape index (κ2) is 3.85. The van der Waals surface area contributed by atoms with Gasteiger partial charge in [0.05, 0.1) is 5.52 Å². The van der Waals surface area contributed by atoms with Gasteiger partial charge in [0.25, 0.3) is 0 Å². The first kappa shape index (κ1) is 9.90. The molecule has 2 aromatic rings. The molecule has 1 aromatic carbocycles. The number of hydrogen-bond donors (Lipinski definition) is 0. The first-order valence-electron chi connectivity index (χ1n) is 4.73. The number of hydrogen-bond acceptors (Lipinski definition) is 1. The van der Waals surface area contributed by atoms with Gasteiger partial charge in [0, 0.05) is 5.39 Å². The zero-order valence-corrected chi connectivity index (χ0v) is 10.4. The molecule has 0 fully saturated rings. The van der Waals surface area contributed by atoms with E-state index in [1.165, 1.54) is 10.9 Å². The summed E-state index contributed by atoms with van der Waals surface area (Å²) in [6.07, 6.45) is 0. The molecule has 0 unspecified atom stereocenters. The van der Waals surface area contributed by atoms with Crippen LogP contribution in [0.5, 0.6) is 0 Å². The van der Waals surface area contributed by atoms with Crippen LogP contribution in [0.3, 0.4) is 0 Å². The van der Waals surface area contributed by atoms with Crippen LogP contribution in [-0.2, 0) is 0 Å². The van der Waals surface area contributed by atoms with E-state index in [1.807, 2.05) is 6.07 Å². The van der Waals surface area contributed by atoms with Gasteiger partial charge in [-0.25, -0.2) is 4.98 Å². The van der Waals surface area contributed by atoms with Crippen molar-refractivity contribution in [3.63, 3.8) is 0 Å². The van der Waals surface area contributed by atoms with E-state index in [9.17, 15) is 0 Å². The SMILES string of the molecule is CC(C)c1ccc2ccc(I)nc2c1. The molecule has 0 N–H and O–H groups in total. The number of benzene rings is 1. The lowest BCUT2D eigenvalue weighted by Gasteiger charge is -2.06. The summed E-state index contributed by atoms with van der Waals surface area (Å²) >= 11 is 2.25. The zero-order chi connectivity index (χ0) is 10.1. The molecule has 0 spiro atoms. The molecule has 2 heteroatoms. The Morgan fingerprint density at radius 1 is 1.14 bits per heavy atom. The Morgan fingerprint density at radius 3 is 2.57 bits per heavy atom. The van der Waals surface area contributed by atoms with Crippen LogP contribution in [-0.4, -0.2) is 4.98 Å². The third kappa shape index (κ3) is 1.90. The van der Waals surface area contributed by atoms with Gasteiger partial charge in [-0.2, -0.15) is 0 Å². The van der Waals surface area contributed by atoms with Gasteiger partial charge >= 0.3 is 0 Å². The number of nitrogens with zero attached hydrogens (tertiary/aromatic N) is 1. The third-order valence-corrected chi connectivity index (χ3v) is 2.95. The van der Waals surface area contributed by atoms with Crippen LogP contribution in [0.2, 0.25) is 0 Å². The van der Waals surface area contributed by atoms with Crippen LogP contribution in [0, 0.1) is 3.70 Å². The molecule has 1 aromatic heterocycles. The fraction of sp³-hybridized carbons (Fsp3) is 0.250. The van der Waals surface area contributed by atoms with Crippen LogP contribution in [0.15, 0.2) is 30.3 Å². The normalized spacial score (nSPS) is 11.1. The van der Waals surface area contributed by atoms with E-state index < -0.39 is 0 Å². The van der Waals surface area contributed by atoms with Crippen molar-refractivity contribution in [1.82, 2.24) is 4.98 Å². The summed E-state index contributed by atoms with van der Waals surface area (Å²) in [5.41, 5.74) is 2.45. The van der Waals surface area contributed by atoms with Crippen molar-refractivity contribution in [2.45, 2.75) is 19.8 Å². The standard InChI is InChI=1S/C12H12IN/c1-8(2)10-4-3-9-5-6-12(13)14-11(9)7-10/h3-8H,1-2H3. The molecule has 1 nitrogen and oxygen atoms in total. The highest BCUT2D eigenvalue weighted by Crippen LogP contribution is 2.20. The molecule has 0 aliphatic rings. The Morgan fingerprint density at radius 2 is 1.86 bits per heavy atom. The highest BCUT2D eigenvalue weighted by Gasteiger charge is 2.01. The minimum absolute atomic E-state index is 0.569. The predicted octanol–water partition coefficient (Wildman–Crippen LogP) is 3.96. The summed E-state index contributed by atoms with van der Waals surface area (Å²) in [5.74, 6) is 0.569. The van der Waals surface area contributed by atoms with Crippen LogP contribution in [0.1, 0.15) is 25.3 Å². The highest BCUT2D eigenvalue weighted by atomic mass is 127. The van der Waals surface area contributed by atoms with Crippen molar-refractivity contribution in [3.05, 3.63) is 39.6 Å². The van der Waals surface area contributed by atoms with Gasteiger partial charge in [0.2, 0.25) is 0 Å². The first-order valence-corrected chi connectivity index (χ1v) is 5.81. The van der Waals surface area contributed by atoms with Crippen molar-refractivity contribution in [2.75, 3.05) is 0 Å². The lowest BCUT2D eigenvalue weighted by Crippen LogP contribution is -1.89. The second-order valence-corrected chi connectivity index (χ2v) is 4.85. The van der Waals surface area contributed by atoms with Gasteiger partial charge in [0.1, 0.15) is 3.70 Å². The molecule has 0 aliphatic carbocycles. The van der Waals surface area contributed by atoms with E-state index in [4.69, 9.17) is 0 Å². The molecule has 0 bridgehead atoms. The lowest BCUT2D eigenvalue weighted by atomic mass is 10.0. The summed E-state index contributed by atoms with van der Waals surface area (Å²) in [7, 11) is 0. The fourth-order valence-electron chi connectivity index (χ4n) is 1.47. The molecule has 72 valence electrons. The molecular weight excluding hydrogens is 285 g/mol. The first-order chi connectivity index (χ1) is 6.66. The zero-order valence-electron chi connectivity index (χ0n) is 8.29. The number of pyridine rings is 1. The summed E-state index contributed by atoms with van der Waals surface area (Å²) < 4.78 is 1.05. The van der Waals surface area contributed by atoms with Crippen molar-refractivity contribution in [1.29, 1.82) is 0 Å². The Kier molecular flexibility index (Phi) is 2.72. The monoisotopic (exact) mass is 297 g/mol. The number of fused-ring (bicyclic) bond motifs is 1. The van der Waals surface area contributed by atoms with Gasteiger partial charge in [-0.15, -0.1) is 0 Å². The van der Waals surface area contributed by atoms with Gasteiger partial charge < -0.3 is 0 Å². The Hall–Kier alpha value is -0.640. The largest absolute Gasteiger partial charge is 0.242 e. The number of halogens is 1. The molecule has 0 radical (unpaired) electrons. The van der Waals surface area contributed by atoms with Crippen molar-refractivity contribution in [3.8, 4) is 0 Å². The van der Waals surface area contributed by atoms with Crippen LogP contribution < -0.4 is 0 Å². The predicted molar refractivity (Wildman–Crippen MR) is 68.5 cm³/mol. The molecule has 0 amide bonds. The minimum Gasteiger partial charge on any atom is -0.242 e. The molecule has 1 heterocycles. The maximum atomic E-state index is 4.51. The average Bonchev–Trinajstić information content (AvgIpc) is 2.16. The quantitative estimate of drug-likeness (QED) is 0.573. The molecule has 0 atom stereocenters. The van der Waals surface area contributed by atoms with Crippen molar-refractivity contribution in [2.24, 2.45) is 0 Å². The summed E-state index contributed by atoms with van der Waals surface area (Å²) in [5, 5.41) is 1.22. The van der Waals surface area contributed by atoms with Gasteiger partial charge in [-0.1, -0.05) is 32.0 Å². The van der Waals surface area contributed by atoms with Crippen LogP contribution in [0.4, 0.5) is 0 Å². The minimum atomic E-state index is 0.569. The van der Waals surface area contributed by atoms with E-state index >= 15 is 0 Å². The smallest absolute Gasteiger partial charge is 0.102 e. The summed E-state index contributed by atoms with van der Waals surface area (Å²) in [6, 6.07) is 10.7. The lowest BCUT2D eigenvalue weighted by molar-refractivity contribution is 0.868. The van der Waals surface area contributed by atoms with E-state index in [1.54, 1.807) is 0 Å². The highest BCUT2D eigenvalue weighted by molar-refractivity contribution is 14.1. The van der Waals surface area contributed by atoms with Crippen LogP contribution in [0.25, 0.3) is 10.9 Å². The molecular formula is C12H12IN. The second-order valence-electron chi connectivity index (χ2n) is 3.74. The van der Waals surface area contributed by atoms with Crippen molar-refractivity contribution < 1.29 is 0 Å². The maximum Gasteiger partial charge on any atom is 0.102 e. The molecule has 2 rings (SSSR count). The number of rotatable bonds is 1. The average molecular weight is 297 g/mol.